The fourth-order valence-corrected chi connectivity index (χ4v) is 4.40. The summed E-state index contributed by atoms with van der Waals surface area (Å²) in [6.07, 6.45) is 0. The predicted octanol–water partition coefficient (Wildman–Crippen LogP) is 7.26. The summed E-state index contributed by atoms with van der Waals surface area (Å²) in [6, 6.07) is 31.4. The van der Waals surface area contributed by atoms with Gasteiger partial charge < -0.3 is 0 Å². The molecule has 0 amide bonds. The Kier molecular flexibility index (Phi) is 3.36. The molecule has 0 aliphatic carbocycles. The number of fused-ring (bicyclic) bond motifs is 3. The van der Waals surface area contributed by atoms with Crippen molar-refractivity contribution in [3.63, 3.8) is 0 Å². The molecule has 0 saturated carbocycles. The number of benzene rings is 3. The summed E-state index contributed by atoms with van der Waals surface area (Å²) in [7, 11) is 0. The molecule has 25 heavy (non-hydrogen) atoms. The Labute approximate surface area is 149 Å². The van der Waals surface area contributed by atoms with Gasteiger partial charge in [0.25, 0.3) is 0 Å². The maximum Gasteiger partial charge on any atom is 0.378 e. The third-order valence-electron chi connectivity index (χ3n) is 4.42. The Bertz CT molecular complexity index is 1170. The minimum Gasteiger partial charge on any atom is -0.205 e. The second-order valence-corrected chi connectivity index (χ2v) is 7.07. The van der Waals surface area contributed by atoms with Gasteiger partial charge in [-0.25, -0.2) is 4.42 Å². The summed E-state index contributed by atoms with van der Waals surface area (Å²) in [4.78, 5) is 0. The van der Waals surface area contributed by atoms with E-state index in [2.05, 4.69) is 66.7 Å². The largest absolute Gasteiger partial charge is 0.378 e. The van der Waals surface area contributed by atoms with Gasteiger partial charge in [0.15, 0.2) is 0 Å². The average Bonchev–Trinajstić information content (AvgIpc) is 3.07. The fraction of sp³-hybridized carbons (Fsp3) is 0. The lowest BCUT2D eigenvalue weighted by Crippen LogP contribution is -1.82. The van der Waals surface area contributed by atoms with Crippen LogP contribution < -0.4 is 0 Å². The van der Waals surface area contributed by atoms with Gasteiger partial charge in [0.2, 0.25) is 0 Å². The zero-order chi connectivity index (χ0) is 16.6. The van der Waals surface area contributed by atoms with Crippen LogP contribution in [0.4, 0.5) is 0 Å². The van der Waals surface area contributed by atoms with Gasteiger partial charge in [0.1, 0.15) is 4.70 Å². The van der Waals surface area contributed by atoms with Crippen LogP contribution in [0.5, 0.6) is 0 Å². The number of hydrogen-bond acceptors (Lipinski definition) is 1. The molecule has 118 valence electrons. The summed E-state index contributed by atoms with van der Waals surface area (Å²) in [5, 5.41) is 2.54. The highest BCUT2D eigenvalue weighted by Crippen LogP contribution is 2.42. The number of rotatable bonds is 2. The van der Waals surface area contributed by atoms with E-state index in [1.54, 1.807) is 11.3 Å². The van der Waals surface area contributed by atoms with E-state index in [0.29, 0.717) is 0 Å². The summed E-state index contributed by atoms with van der Waals surface area (Å²) < 4.78 is 8.89. The molecule has 0 N–H and O–H groups in total. The van der Waals surface area contributed by atoms with Crippen molar-refractivity contribution in [1.29, 1.82) is 0 Å². The molecule has 3 aromatic carbocycles. The van der Waals surface area contributed by atoms with E-state index in [-0.39, 0.29) is 0 Å². The maximum absolute atomic E-state index is 6.40. The Morgan fingerprint density at radius 2 is 1.24 bits per heavy atom. The standard InChI is InChI=1S/C23H15OS/c1-3-9-16(10-4-1)20-15-19-18-13-7-8-14-21(18)25-23(19)22(24-20)17-11-5-2-6-12-17/h1-15H/q+1. The Balaban J connectivity index is 1.90. The van der Waals surface area contributed by atoms with Crippen molar-refractivity contribution >= 4 is 31.5 Å². The molecule has 0 aliphatic rings. The van der Waals surface area contributed by atoms with Crippen LogP contribution in [-0.2, 0) is 0 Å². The molecule has 0 atom stereocenters. The zero-order valence-corrected chi connectivity index (χ0v) is 14.3. The zero-order valence-electron chi connectivity index (χ0n) is 13.5. The van der Waals surface area contributed by atoms with Crippen LogP contribution >= 0.6 is 11.3 Å². The van der Waals surface area contributed by atoms with E-state index in [1.807, 2.05) is 24.3 Å². The molecule has 2 heteroatoms. The topological polar surface area (TPSA) is 11.3 Å². The Hall–Kier alpha value is -2.97. The van der Waals surface area contributed by atoms with Crippen molar-refractivity contribution in [3.8, 4) is 22.6 Å². The van der Waals surface area contributed by atoms with Crippen molar-refractivity contribution in [3.05, 3.63) is 91.0 Å². The van der Waals surface area contributed by atoms with Gasteiger partial charge in [-0.2, -0.15) is 0 Å². The van der Waals surface area contributed by atoms with Gasteiger partial charge in [-0.05, 0) is 30.3 Å². The molecule has 0 radical (unpaired) electrons. The Morgan fingerprint density at radius 3 is 2.00 bits per heavy atom. The molecule has 0 aliphatic heterocycles. The SMILES string of the molecule is c1ccc(-c2cc3c(sc4ccccc43)c(-c3ccccc3)[o+]2)cc1. The van der Waals surface area contributed by atoms with Crippen LogP contribution in [0.15, 0.2) is 95.4 Å². The van der Waals surface area contributed by atoms with Crippen LogP contribution in [0.2, 0.25) is 0 Å². The molecule has 5 rings (SSSR count). The van der Waals surface area contributed by atoms with E-state index < -0.39 is 0 Å². The third-order valence-corrected chi connectivity index (χ3v) is 5.61. The molecule has 2 heterocycles. The van der Waals surface area contributed by atoms with E-state index in [4.69, 9.17) is 4.42 Å². The second-order valence-electron chi connectivity index (χ2n) is 6.01. The quantitative estimate of drug-likeness (QED) is 0.308. The summed E-state index contributed by atoms with van der Waals surface area (Å²) >= 11 is 1.79. The van der Waals surface area contributed by atoms with E-state index in [1.165, 1.54) is 20.2 Å². The van der Waals surface area contributed by atoms with Crippen LogP contribution in [0.25, 0.3) is 42.8 Å². The van der Waals surface area contributed by atoms with Gasteiger partial charge in [0.05, 0.1) is 17.2 Å². The van der Waals surface area contributed by atoms with E-state index >= 15 is 0 Å². The minimum absolute atomic E-state index is 0.899. The lowest BCUT2D eigenvalue weighted by atomic mass is 10.1. The van der Waals surface area contributed by atoms with Crippen molar-refractivity contribution in [1.82, 2.24) is 0 Å². The highest BCUT2D eigenvalue weighted by Gasteiger charge is 2.25. The maximum atomic E-state index is 6.40. The molecule has 0 bridgehead atoms. The molecular weight excluding hydrogens is 324 g/mol. The van der Waals surface area contributed by atoms with Crippen LogP contribution in [0.3, 0.4) is 0 Å². The van der Waals surface area contributed by atoms with Gasteiger partial charge in [-0.15, -0.1) is 11.3 Å². The second kappa shape index (κ2) is 5.83. The van der Waals surface area contributed by atoms with Crippen molar-refractivity contribution in [2.24, 2.45) is 0 Å². The molecule has 0 unspecified atom stereocenters. The Morgan fingerprint density at radius 1 is 0.600 bits per heavy atom. The predicted molar refractivity (Wildman–Crippen MR) is 107 cm³/mol. The molecule has 1 nitrogen and oxygen atoms in total. The first-order valence-corrected chi connectivity index (χ1v) is 9.11. The van der Waals surface area contributed by atoms with Crippen molar-refractivity contribution < 1.29 is 4.42 Å². The lowest BCUT2D eigenvalue weighted by molar-refractivity contribution is 0.589. The molecule has 2 aromatic heterocycles. The molecule has 0 spiro atoms. The fourth-order valence-electron chi connectivity index (χ4n) is 3.22. The summed E-state index contributed by atoms with van der Waals surface area (Å²) in [6.45, 7) is 0. The third kappa shape index (κ3) is 2.43. The monoisotopic (exact) mass is 339 g/mol. The highest BCUT2D eigenvalue weighted by molar-refractivity contribution is 7.26. The van der Waals surface area contributed by atoms with Gasteiger partial charge >= 0.3 is 11.5 Å². The van der Waals surface area contributed by atoms with E-state index in [0.717, 1.165) is 22.6 Å². The minimum atomic E-state index is 0.899. The smallest absolute Gasteiger partial charge is 0.205 e. The number of thiophene rings is 1. The molecule has 5 aromatic rings. The van der Waals surface area contributed by atoms with Gasteiger partial charge in [0, 0.05) is 15.5 Å². The molecule has 0 fully saturated rings. The summed E-state index contributed by atoms with van der Waals surface area (Å²) in [5.74, 6) is 1.84. The van der Waals surface area contributed by atoms with Crippen LogP contribution in [0.1, 0.15) is 0 Å². The van der Waals surface area contributed by atoms with Crippen LogP contribution in [0, 0.1) is 0 Å². The first kappa shape index (κ1) is 14.4. The first-order valence-electron chi connectivity index (χ1n) is 8.29. The molecular formula is C23H15OS+. The number of hydrogen-bond donors (Lipinski definition) is 0. The average molecular weight is 339 g/mol. The van der Waals surface area contributed by atoms with Gasteiger partial charge in [-0.1, -0.05) is 54.6 Å². The van der Waals surface area contributed by atoms with E-state index in [9.17, 15) is 0 Å². The van der Waals surface area contributed by atoms with Gasteiger partial charge in [-0.3, -0.25) is 0 Å². The first-order chi connectivity index (χ1) is 12.4. The van der Waals surface area contributed by atoms with Crippen molar-refractivity contribution in [2.75, 3.05) is 0 Å². The molecule has 0 saturated heterocycles. The van der Waals surface area contributed by atoms with Crippen molar-refractivity contribution in [2.45, 2.75) is 0 Å². The lowest BCUT2D eigenvalue weighted by Gasteiger charge is -1.97. The normalized spacial score (nSPS) is 11.2. The summed E-state index contributed by atoms with van der Waals surface area (Å²) in [5.41, 5.74) is 2.20. The highest BCUT2D eigenvalue weighted by atomic mass is 32.1. The van der Waals surface area contributed by atoms with Crippen LogP contribution in [-0.4, -0.2) is 0 Å².